The molecular weight excluding hydrogens is 114 g/mol. The highest BCUT2D eigenvalue weighted by molar-refractivity contribution is 5.30. The van der Waals surface area contributed by atoms with Crippen LogP contribution in [0.5, 0.6) is 0 Å². The van der Waals surface area contributed by atoms with E-state index < -0.39 is 0 Å². The lowest BCUT2D eigenvalue weighted by Gasteiger charge is -1.82. The third kappa shape index (κ3) is 0.945. The summed E-state index contributed by atoms with van der Waals surface area (Å²) in [5.74, 6) is 2.42. The zero-order chi connectivity index (χ0) is 6.69. The molecule has 0 aromatic carbocycles. The van der Waals surface area contributed by atoms with Gasteiger partial charge in [0, 0.05) is 5.56 Å². The van der Waals surface area contributed by atoms with Crippen molar-refractivity contribution in [3.63, 3.8) is 0 Å². The Bertz CT molecular complexity index is 231. The van der Waals surface area contributed by atoms with E-state index in [-0.39, 0.29) is 0 Å². The van der Waals surface area contributed by atoms with Crippen LogP contribution < -0.4 is 0 Å². The van der Waals surface area contributed by atoms with Gasteiger partial charge in [-0.3, -0.25) is 0 Å². The van der Waals surface area contributed by atoms with Crippen LogP contribution in [0, 0.1) is 12.3 Å². The first kappa shape index (κ1) is 5.90. The number of hydrogen-bond acceptors (Lipinski definition) is 2. The number of aryl methyl sites for hydroxylation is 1. The number of rotatable bonds is 1. The number of nitrogens with zero attached hydrogens (tertiary/aromatic N) is 1. The third-order valence-electron chi connectivity index (χ3n) is 1.16. The maximum absolute atomic E-state index is 5.10. The van der Waals surface area contributed by atoms with E-state index in [1.165, 1.54) is 0 Å². The molecule has 9 heavy (non-hydrogen) atoms. The van der Waals surface area contributed by atoms with Crippen LogP contribution in [0.15, 0.2) is 10.8 Å². The maximum atomic E-state index is 5.10. The largest absolute Gasteiger partial charge is 0.363 e. The minimum absolute atomic E-state index is 0.623. The van der Waals surface area contributed by atoms with Crippen molar-refractivity contribution in [1.29, 1.82) is 0 Å². The number of aromatic nitrogens is 1. The van der Waals surface area contributed by atoms with Crippen molar-refractivity contribution in [3.8, 4) is 12.3 Å². The Balaban J connectivity index is 3.02. The first-order valence-electron chi connectivity index (χ1n) is 2.78. The van der Waals surface area contributed by atoms with Crippen molar-refractivity contribution in [2.24, 2.45) is 0 Å². The van der Waals surface area contributed by atoms with Crippen LogP contribution in [-0.2, 0) is 6.42 Å². The van der Waals surface area contributed by atoms with Crippen molar-refractivity contribution in [3.05, 3.63) is 17.5 Å². The van der Waals surface area contributed by atoms with Crippen molar-refractivity contribution in [2.45, 2.75) is 13.3 Å². The molecule has 0 radical (unpaired) electrons. The highest BCUT2D eigenvalue weighted by Gasteiger charge is 1.99. The van der Waals surface area contributed by atoms with Crippen molar-refractivity contribution in [1.82, 2.24) is 5.16 Å². The van der Waals surface area contributed by atoms with E-state index in [0.29, 0.717) is 5.69 Å². The zero-order valence-corrected chi connectivity index (χ0v) is 5.22. The summed E-state index contributed by atoms with van der Waals surface area (Å²) in [5, 5.41) is 3.59. The predicted molar refractivity (Wildman–Crippen MR) is 33.8 cm³/mol. The molecule has 0 saturated heterocycles. The van der Waals surface area contributed by atoms with E-state index >= 15 is 0 Å². The molecule has 2 nitrogen and oxygen atoms in total. The number of hydrogen-bond donors (Lipinski definition) is 0. The molecule has 1 aromatic rings. The third-order valence-corrected chi connectivity index (χ3v) is 1.16. The Labute approximate surface area is 53.9 Å². The van der Waals surface area contributed by atoms with Crippen LogP contribution in [0.3, 0.4) is 0 Å². The summed E-state index contributed by atoms with van der Waals surface area (Å²) >= 11 is 0. The molecule has 0 spiro atoms. The Morgan fingerprint density at radius 1 is 1.89 bits per heavy atom. The minimum atomic E-state index is 0.623. The van der Waals surface area contributed by atoms with E-state index in [9.17, 15) is 0 Å². The molecule has 0 fully saturated rings. The molecular formula is C7H7NO. The standard InChI is InChI=1S/C7H7NO/c1-3-6-5-9-8-7(6)4-2/h2,5H,3H2,1H3. The predicted octanol–water partition coefficient (Wildman–Crippen LogP) is 1.22. The van der Waals surface area contributed by atoms with Crippen LogP contribution in [-0.4, -0.2) is 5.16 Å². The summed E-state index contributed by atoms with van der Waals surface area (Å²) in [6.45, 7) is 2.01. The lowest BCUT2D eigenvalue weighted by Crippen LogP contribution is -1.80. The SMILES string of the molecule is C#Cc1nocc1CC. The van der Waals surface area contributed by atoms with E-state index in [2.05, 4.69) is 15.6 Å². The molecule has 0 bridgehead atoms. The molecule has 0 aliphatic rings. The highest BCUT2D eigenvalue weighted by atomic mass is 16.5. The molecule has 0 atom stereocenters. The van der Waals surface area contributed by atoms with Gasteiger partial charge in [0.15, 0.2) is 5.69 Å². The van der Waals surface area contributed by atoms with Gasteiger partial charge in [0.1, 0.15) is 6.26 Å². The maximum Gasteiger partial charge on any atom is 0.159 e. The summed E-state index contributed by atoms with van der Waals surface area (Å²) in [5.41, 5.74) is 1.62. The normalized spacial score (nSPS) is 8.89. The molecule has 1 heterocycles. The minimum Gasteiger partial charge on any atom is -0.363 e. The molecule has 1 aromatic heterocycles. The van der Waals surface area contributed by atoms with E-state index in [4.69, 9.17) is 6.42 Å². The highest BCUT2D eigenvalue weighted by Crippen LogP contribution is 2.04. The van der Waals surface area contributed by atoms with Gasteiger partial charge in [0.05, 0.1) is 0 Å². The summed E-state index contributed by atoms with van der Waals surface area (Å²) < 4.78 is 4.63. The molecule has 1 rings (SSSR count). The van der Waals surface area contributed by atoms with Crippen LogP contribution >= 0.6 is 0 Å². The Morgan fingerprint density at radius 2 is 2.67 bits per heavy atom. The lowest BCUT2D eigenvalue weighted by molar-refractivity contribution is 0.417. The van der Waals surface area contributed by atoms with Crippen molar-refractivity contribution >= 4 is 0 Å². The van der Waals surface area contributed by atoms with Gasteiger partial charge in [-0.1, -0.05) is 12.1 Å². The van der Waals surface area contributed by atoms with Gasteiger partial charge in [-0.2, -0.15) is 0 Å². The summed E-state index contributed by atoms with van der Waals surface area (Å²) in [4.78, 5) is 0. The lowest BCUT2D eigenvalue weighted by atomic mass is 10.2. The van der Waals surface area contributed by atoms with E-state index in [1.54, 1.807) is 6.26 Å². The van der Waals surface area contributed by atoms with Crippen LogP contribution in [0.4, 0.5) is 0 Å². The average Bonchev–Trinajstić information content (AvgIpc) is 2.33. The molecule has 0 amide bonds. The summed E-state index contributed by atoms with van der Waals surface area (Å²) in [6.07, 6.45) is 7.55. The first-order chi connectivity index (χ1) is 4.38. The van der Waals surface area contributed by atoms with Crippen LogP contribution in [0.1, 0.15) is 18.2 Å². The fourth-order valence-electron chi connectivity index (χ4n) is 0.627. The van der Waals surface area contributed by atoms with Crippen LogP contribution in [0.2, 0.25) is 0 Å². The number of terminal acetylenes is 1. The van der Waals surface area contributed by atoms with Crippen LogP contribution in [0.25, 0.3) is 0 Å². The van der Waals surface area contributed by atoms with E-state index in [0.717, 1.165) is 12.0 Å². The van der Waals surface area contributed by atoms with Gasteiger partial charge in [0.25, 0.3) is 0 Å². The second kappa shape index (κ2) is 2.36. The van der Waals surface area contributed by atoms with Crippen molar-refractivity contribution < 1.29 is 4.52 Å². The second-order valence-corrected chi connectivity index (χ2v) is 1.69. The molecule has 0 N–H and O–H groups in total. The Hall–Kier alpha value is -1.23. The average molecular weight is 121 g/mol. The zero-order valence-electron chi connectivity index (χ0n) is 5.22. The molecule has 0 unspecified atom stereocenters. The van der Waals surface area contributed by atoms with Gasteiger partial charge in [-0.15, -0.1) is 6.42 Å². The fourth-order valence-corrected chi connectivity index (χ4v) is 0.627. The van der Waals surface area contributed by atoms with Gasteiger partial charge >= 0.3 is 0 Å². The van der Waals surface area contributed by atoms with Gasteiger partial charge in [-0.25, -0.2) is 0 Å². The Kier molecular flexibility index (Phi) is 1.55. The summed E-state index contributed by atoms with van der Waals surface area (Å²) in [7, 11) is 0. The van der Waals surface area contributed by atoms with Gasteiger partial charge in [0.2, 0.25) is 0 Å². The Morgan fingerprint density at radius 3 is 3.11 bits per heavy atom. The quantitative estimate of drug-likeness (QED) is 0.522. The monoisotopic (exact) mass is 121 g/mol. The second-order valence-electron chi connectivity index (χ2n) is 1.69. The molecule has 0 aliphatic heterocycles. The van der Waals surface area contributed by atoms with Gasteiger partial charge < -0.3 is 4.52 Å². The smallest absolute Gasteiger partial charge is 0.159 e. The van der Waals surface area contributed by atoms with Crippen molar-refractivity contribution in [2.75, 3.05) is 0 Å². The topological polar surface area (TPSA) is 26.0 Å². The van der Waals surface area contributed by atoms with Gasteiger partial charge in [-0.05, 0) is 12.3 Å². The summed E-state index contributed by atoms with van der Waals surface area (Å²) in [6, 6.07) is 0. The molecule has 46 valence electrons. The molecule has 0 aliphatic carbocycles. The first-order valence-corrected chi connectivity index (χ1v) is 2.78. The molecule has 2 heteroatoms. The fraction of sp³-hybridized carbons (Fsp3) is 0.286. The molecule has 0 saturated carbocycles. The van der Waals surface area contributed by atoms with E-state index in [1.807, 2.05) is 6.92 Å².